The second kappa shape index (κ2) is 9.52. The van der Waals surface area contributed by atoms with Crippen LogP contribution in [0.25, 0.3) is 22.3 Å². The van der Waals surface area contributed by atoms with Gasteiger partial charge in [-0.3, -0.25) is 9.59 Å². The van der Waals surface area contributed by atoms with Gasteiger partial charge in [0.15, 0.2) is 0 Å². The lowest BCUT2D eigenvalue weighted by Gasteiger charge is -2.17. The molecule has 9 heteroatoms. The smallest absolute Gasteiger partial charge is 0.255 e. The lowest BCUT2D eigenvalue weighted by atomic mass is 10.0. The van der Waals surface area contributed by atoms with Gasteiger partial charge in [0.2, 0.25) is 5.91 Å². The molecule has 2 atom stereocenters. The number of hydrogen-bond donors (Lipinski definition) is 2. The number of aryl methyl sites for hydroxylation is 2. The Balaban J connectivity index is 1.49. The summed E-state index contributed by atoms with van der Waals surface area (Å²) >= 11 is 0. The summed E-state index contributed by atoms with van der Waals surface area (Å²) in [6, 6.07) is 3.32. The van der Waals surface area contributed by atoms with Crippen LogP contribution in [0, 0.1) is 31.5 Å². The molecular formula is C27H32FN5O3. The zero-order valence-electron chi connectivity index (χ0n) is 21.2. The number of nitrogens with zero attached hydrogens (tertiary/aromatic N) is 3. The second-order valence-electron chi connectivity index (χ2n) is 10.1. The molecule has 2 N–H and O–H groups in total. The summed E-state index contributed by atoms with van der Waals surface area (Å²) in [6.45, 7) is 9.01. The van der Waals surface area contributed by atoms with Crippen molar-refractivity contribution in [3.05, 3.63) is 41.1 Å². The molecule has 2 amide bonds. The Morgan fingerprint density at radius 2 is 2.00 bits per heavy atom. The third-order valence-corrected chi connectivity index (χ3v) is 7.29. The molecule has 1 aliphatic heterocycles. The summed E-state index contributed by atoms with van der Waals surface area (Å²) in [4.78, 5) is 39.4. The summed E-state index contributed by atoms with van der Waals surface area (Å²) < 4.78 is 21.5. The van der Waals surface area contributed by atoms with Crippen molar-refractivity contribution in [2.24, 2.45) is 11.8 Å². The standard InChI is InChI=1S/C27H32FN5O3/c1-5-20(34)33-10-15(3)18(11-33)32-27(35)21-16(4)31-26-24(21)29-13-30-25(26)22-19(36-12-17-7-8-17)9-6-14(2)23(22)28/h6,9,13,15,17-18,31H,5,7-8,10-12H2,1-4H3,(H,32,35)/t15-,18+/m0/s1. The van der Waals surface area contributed by atoms with Crippen LogP contribution in [0.3, 0.4) is 0 Å². The number of ether oxygens (including phenoxy) is 1. The lowest BCUT2D eigenvalue weighted by Crippen LogP contribution is -2.40. The maximum Gasteiger partial charge on any atom is 0.255 e. The molecule has 190 valence electrons. The summed E-state index contributed by atoms with van der Waals surface area (Å²) in [7, 11) is 0. The van der Waals surface area contributed by atoms with Crippen LogP contribution in [0.1, 0.15) is 54.7 Å². The average molecular weight is 494 g/mol. The van der Waals surface area contributed by atoms with E-state index in [0.29, 0.717) is 71.3 Å². The Labute approximate surface area is 209 Å². The number of aromatic nitrogens is 3. The van der Waals surface area contributed by atoms with Gasteiger partial charge in [-0.05, 0) is 50.2 Å². The maximum atomic E-state index is 15.5. The number of hydrogen-bond acceptors (Lipinski definition) is 5. The molecule has 1 saturated carbocycles. The number of benzene rings is 1. The van der Waals surface area contributed by atoms with E-state index in [1.54, 1.807) is 30.9 Å². The van der Waals surface area contributed by atoms with Gasteiger partial charge in [0, 0.05) is 25.2 Å². The number of likely N-dealkylation sites (tertiary alicyclic amines) is 1. The Kier molecular flexibility index (Phi) is 6.40. The molecule has 0 spiro atoms. The molecule has 0 radical (unpaired) electrons. The number of halogens is 1. The van der Waals surface area contributed by atoms with E-state index in [9.17, 15) is 9.59 Å². The Hall–Kier alpha value is -3.49. The summed E-state index contributed by atoms with van der Waals surface area (Å²) in [5.74, 6) is 0.482. The van der Waals surface area contributed by atoms with Gasteiger partial charge < -0.3 is 19.9 Å². The number of carbonyl (C=O) groups is 2. The summed E-state index contributed by atoms with van der Waals surface area (Å²) in [6.07, 6.45) is 4.05. The number of carbonyl (C=O) groups excluding carboxylic acids is 2. The highest BCUT2D eigenvalue weighted by molar-refractivity contribution is 6.09. The zero-order chi connectivity index (χ0) is 25.6. The molecule has 2 aromatic heterocycles. The normalized spacial score (nSPS) is 19.6. The fourth-order valence-electron chi connectivity index (χ4n) is 4.91. The highest BCUT2D eigenvalue weighted by atomic mass is 19.1. The van der Waals surface area contributed by atoms with Gasteiger partial charge >= 0.3 is 0 Å². The molecule has 5 rings (SSSR count). The fourth-order valence-corrected chi connectivity index (χ4v) is 4.91. The molecule has 2 fully saturated rings. The largest absolute Gasteiger partial charge is 0.492 e. The van der Waals surface area contributed by atoms with Gasteiger partial charge in [-0.1, -0.05) is 19.9 Å². The molecular weight excluding hydrogens is 461 g/mol. The molecule has 0 bridgehead atoms. The molecule has 2 aliphatic rings. The van der Waals surface area contributed by atoms with E-state index in [-0.39, 0.29) is 29.3 Å². The minimum Gasteiger partial charge on any atom is -0.492 e. The first-order valence-corrected chi connectivity index (χ1v) is 12.6. The van der Waals surface area contributed by atoms with E-state index in [0.717, 1.165) is 12.8 Å². The van der Waals surface area contributed by atoms with Crippen molar-refractivity contribution < 1.29 is 18.7 Å². The van der Waals surface area contributed by atoms with Crippen molar-refractivity contribution >= 4 is 22.8 Å². The van der Waals surface area contributed by atoms with E-state index in [4.69, 9.17) is 4.74 Å². The zero-order valence-corrected chi connectivity index (χ0v) is 21.2. The van der Waals surface area contributed by atoms with Crippen molar-refractivity contribution in [1.29, 1.82) is 0 Å². The van der Waals surface area contributed by atoms with Crippen LogP contribution >= 0.6 is 0 Å². The minimum absolute atomic E-state index is 0.0825. The van der Waals surface area contributed by atoms with E-state index >= 15 is 4.39 Å². The first-order chi connectivity index (χ1) is 17.3. The fraction of sp³-hybridized carbons (Fsp3) is 0.481. The average Bonchev–Trinajstić information content (AvgIpc) is 3.53. The van der Waals surface area contributed by atoms with Gasteiger partial charge in [-0.25, -0.2) is 14.4 Å². The third-order valence-electron chi connectivity index (χ3n) is 7.29. The van der Waals surface area contributed by atoms with Crippen LogP contribution in [0.2, 0.25) is 0 Å². The molecule has 1 aliphatic carbocycles. The molecule has 1 aromatic carbocycles. The van der Waals surface area contributed by atoms with Gasteiger partial charge in [-0.15, -0.1) is 0 Å². The third kappa shape index (κ3) is 4.42. The minimum atomic E-state index is -0.401. The molecule has 3 aromatic rings. The van der Waals surface area contributed by atoms with Crippen LogP contribution < -0.4 is 10.1 Å². The molecule has 1 saturated heterocycles. The highest BCUT2D eigenvalue weighted by Crippen LogP contribution is 2.39. The van der Waals surface area contributed by atoms with Gasteiger partial charge in [0.1, 0.15) is 29.1 Å². The number of nitrogens with one attached hydrogen (secondary N) is 2. The first-order valence-electron chi connectivity index (χ1n) is 12.6. The topological polar surface area (TPSA) is 100 Å². The van der Waals surface area contributed by atoms with E-state index in [2.05, 4.69) is 20.3 Å². The highest BCUT2D eigenvalue weighted by Gasteiger charge is 2.34. The second-order valence-corrected chi connectivity index (χ2v) is 10.1. The number of amides is 2. The van der Waals surface area contributed by atoms with Crippen LogP contribution in [0.5, 0.6) is 5.75 Å². The molecule has 0 unspecified atom stereocenters. The molecule has 3 heterocycles. The number of fused-ring (bicyclic) bond motifs is 1. The Morgan fingerprint density at radius 3 is 2.72 bits per heavy atom. The van der Waals surface area contributed by atoms with Gasteiger partial charge in [0.25, 0.3) is 5.91 Å². The van der Waals surface area contributed by atoms with Crippen LogP contribution in [-0.2, 0) is 4.79 Å². The van der Waals surface area contributed by atoms with Gasteiger partial charge in [-0.2, -0.15) is 0 Å². The summed E-state index contributed by atoms with van der Waals surface area (Å²) in [5, 5.41) is 3.09. The first kappa shape index (κ1) is 24.2. The monoisotopic (exact) mass is 493 g/mol. The van der Waals surface area contributed by atoms with Gasteiger partial charge in [0.05, 0.1) is 29.3 Å². The van der Waals surface area contributed by atoms with Crippen molar-refractivity contribution in [3.8, 4) is 17.0 Å². The van der Waals surface area contributed by atoms with Crippen molar-refractivity contribution in [3.63, 3.8) is 0 Å². The lowest BCUT2D eigenvalue weighted by molar-refractivity contribution is -0.129. The Morgan fingerprint density at radius 1 is 1.22 bits per heavy atom. The Bertz CT molecular complexity index is 1330. The number of aromatic amines is 1. The van der Waals surface area contributed by atoms with Crippen molar-refractivity contribution in [2.75, 3.05) is 19.7 Å². The van der Waals surface area contributed by atoms with E-state index in [1.165, 1.54) is 6.33 Å². The SMILES string of the molecule is CCC(=O)N1C[C@H](C)[C@H](NC(=O)c2c(C)[nH]c3c(-c4c(OCC5CC5)ccc(C)c4F)ncnc23)C1. The van der Waals surface area contributed by atoms with Crippen LogP contribution in [0.4, 0.5) is 4.39 Å². The molecule has 36 heavy (non-hydrogen) atoms. The van der Waals surface area contributed by atoms with Crippen LogP contribution in [0.15, 0.2) is 18.5 Å². The number of rotatable bonds is 7. The maximum absolute atomic E-state index is 15.5. The number of H-pyrrole nitrogens is 1. The summed E-state index contributed by atoms with van der Waals surface area (Å²) in [5.41, 5.74) is 3.05. The molecule has 8 nitrogen and oxygen atoms in total. The quantitative estimate of drug-likeness (QED) is 0.515. The van der Waals surface area contributed by atoms with Crippen LogP contribution in [-0.4, -0.2) is 57.4 Å². The predicted molar refractivity (Wildman–Crippen MR) is 134 cm³/mol. The predicted octanol–water partition coefficient (Wildman–Crippen LogP) is 4.16. The van der Waals surface area contributed by atoms with Crippen molar-refractivity contribution in [1.82, 2.24) is 25.2 Å². The van der Waals surface area contributed by atoms with E-state index < -0.39 is 5.82 Å². The van der Waals surface area contributed by atoms with E-state index in [1.807, 2.05) is 13.8 Å². The van der Waals surface area contributed by atoms with Crippen molar-refractivity contribution in [2.45, 2.75) is 53.0 Å².